The quantitative estimate of drug-likeness (QED) is 0.536. The van der Waals surface area contributed by atoms with Gasteiger partial charge in [-0.25, -0.2) is 0 Å². The second-order valence-corrected chi connectivity index (χ2v) is 9.18. The smallest absolute Gasteiger partial charge is 0.294 e. The number of carbonyl (C=O) groups excluding carboxylic acids is 2. The standard InChI is InChI=1S/C29H29N3O3/c1-21-6-5-7-23(18-21)20-32-25-8-3-4-9-26(25)35-27(29(32)34)19-22-10-12-24(13-11-22)28(33)31-16-14-30(2)15-17-31/h3-13,18-19H,14-17,20H2,1-2H3/b27-19+. The maximum atomic E-state index is 13.5. The van der Waals surface area contributed by atoms with E-state index in [0.717, 1.165) is 48.6 Å². The van der Waals surface area contributed by atoms with Crippen molar-refractivity contribution < 1.29 is 14.3 Å². The van der Waals surface area contributed by atoms with Gasteiger partial charge in [0.05, 0.1) is 12.2 Å². The van der Waals surface area contributed by atoms with Gasteiger partial charge < -0.3 is 14.5 Å². The third kappa shape index (κ3) is 4.98. The van der Waals surface area contributed by atoms with Crippen LogP contribution in [0.5, 0.6) is 5.75 Å². The Balaban J connectivity index is 1.38. The maximum absolute atomic E-state index is 13.5. The topological polar surface area (TPSA) is 53.1 Å². The van der Waals surface area contributed by atoms with Crippen molar-refractivity contribution in [2.45, 2.75) is 13.5 Å². The summed E-state index contributed by atoms with van der Waals surface area (Å²) < 4.78 is 6.01. The maximum Gasteiger partial charge on any atom is 0.294 e. The lowest BCUT2D eigenvalue weighted by Crippen LogP contribution is -2.47. The van der Waals surface area contributed by atoms with Crippen LogP contribution >= 0.6 is 0 Å². The molecule has 0 spiro atoms. The molecule has 0 saturated carbocycles. The highest BCUT2D eigenvalue weighted by Gasteiger charge is 2.30. The van der Waals surface area contributed by atoms with E-state index in [1.54, 1.807) is 11.0 Å². The van der Waals surface area contributed by atoms with E-state index in [4.69, 9.17) is 4.74 Å². The van der Waals surface area contributed by atoms with E-state index in [0.29, 0.717) is 17.9 Å². The zero-order valence-electron chi connectivity index (χ0n) is 20.1. The minimum atomic E-state index is -0.192. The molecule has 178 valence electrons. The van der Waals surface area contributed by atoms with E-state index < -0.39 is 0 Å². The van der Waals surface area contributed by atoms with Crippen LogP contribution < -0.4 is 9.64 Å². The Hall–Kier alpha value is -3.90. The Morgan fingerprint density at radius 1 is 0.943 bits per heavy atom. The molecule has 0 atom stereocenters. The number of carbonyl (C=O) groups is 2. The third-order valence-electron chi connectivity index (χ3n) is 6.50. The Labute approximate surface area is 206 Å². The minimum absolute atomic E-state index is 0.0422. The zero-order valence-corrected chi connectivity index (χ0v) is 20.1. The van der Waals surface area contributed by atoms with Gasteiger partial charge in [-0.3, -0.25) is 14.5 Å². The molecular weight excluding hydrogens is 438 g/mol. The molecule has 5 rings (SSSR count). The molecule has 0 N–H and O–H groups in total. The van der Waals surface area contributed by atoms with E-state index in [2.05, 4.69) is 18.0 Å². The first-order valence-electron chi connectivity index (χ1n) is 11.9. The summed E-state index contributed by atoms with van der Waals surface area (Å²) in [6.45, 7) is 5.74. The van der Waals surface area contributed by atoms with Gasteiger partial charge >= 0.3 is 0 Å². The van der Waals surface area contributed by atoms with Crippen LogP contribution in [0, 0.1) is 6.92 Å². The van der Waals surface area contributed by atoms with Gasteiger partial charge in [-0.05, 0) is 55.4 Å². The summed E-state index contributed by atoms with van der Waals surface area (Å²) in [5, 5.41) is 0. The molecule has 0 unspecified atom stereocenters. The normalized spacial score (nSPS) is 17.3. The van der Waals surface area contributed by atoms with Crippen LogP contribution in [0.1, 0.15) is 27.0 Å². The van der Waals surface area contributed by atoms with Crippen molar-refractivity contribution in [1.82, 2.24) is 9.80 Å². The molecule has 3 aromatic carbocycles. The summed E-state index contributed by atoms with van der Waals surface area (Å²) in [7, 11) is 2.07. The van der Waals surface area contributed by atoms with Crippen molar-refractivity contribution in [3.8, 4) is 5.75 Å². The second-order valence-electron chi connectivity index (χ2n) is 9.18. The van der Waals surface area contributed by atoms with Crippen molar-refractivity contribution >= 4 is 23.6 Å². The van der Waals surface area contributed by atoms with Crippen molar-refractivity contribution in [1.29, 1.82) is 0 Å². The summed E-state index contributed by atoms with van der Waals surface area (Å²) in [6, 6.07) is 23.1. The predicted octanol–water partition coefficient (Wildman–Crippen LogP) is 4.35. The number of piperazine rings is 1. The summed E-state index contributed by atoms with van der Waals surface area (Å²) in [4.78, 5) is 32.2. The van der Waals surface area contributed by atoms with Gasteiger partial charge in [-0.2, -0.15) is 0 Å². The monoisotopic (exact) mass is 467 g/mol. The number of aryl methyl sites for hydroxylation is 1. The van der Waals surface area contributed by atoms with Gasteiger partial charge in [0, 0.05) is 31.7 Å². The molecule has 0 aromatic heterocycles. The number of hydrogen-bond donors (Lipinski definition) is 0. The summed E-state index contributed by atoms with van der Waals surface area (Å²) in [5.41, 5.74) is 4.42. The van der Waals surface area contributed by atoms with Gasteiger partial charge in [-0.15, -0.1) is 0 Å². The zero-order chi connectivity index (χ0) is 24.4. The molecule has 6 nitrogen and oxygen atoms in total. The SMILES string of the molecule is Cc1cccc(CN2C(=O)/C(=C\c3ccc(C(=O)N4CCN(C)CC4)cc3)Oc3ccccc32)c1. The van der Waals surface area contributed by atoms with Crippen molar-refractivity contribution in [2.75, 3.05) is 38.1 Å². The molecule has 0 aliphatic carbocycles. The number of anilines is 1. The number of fused-ring (bicyclic) bond motifs is 1. The average Bonchev–Trinajstić information content (AvgIpc) is 2.87. The molecule has 1 saturated heterocycles. The van der Waals surface area contributed by atoms with Gasteiger partial charge in [0.2, 0.25) is 0 Å². The highest BCUT2D eigenvalue weighted by molar-refractivity contribution is 6.09. The van der Waals surface area contributed by atoms with Gasteiger partial charge in [-0.1, -0.05) is 54.1 Å². The molecular formula is C29H29N3O3. The number of hydrogen-bond acceptors (Lipinski definition) is 4. The lowest BCUT2D eigenvalue weighted by Gasteiger charge is -2.32. The van der Waals surface area contributed by atoms with Gasteiger partial charge in [0.15, 0.2) is 11.5 Å². The van der Waals surface area contributed by atoms with Crippen LogP contribution in [-0.2, 0) is 11.3 Å². The Kier molecular flexibility index (Phi) is 6.38. The molecule has 2 amide bonds. The highest BCUT2D eigenvalue weighted by atomic mass is 16.5. The molecule has 3 aromatic rings. The first-order valence-corrected chi connectivity index (χ1v) is 11.9. The van der Waals surface area contributed by atoms with E-state index in [1.165, 1.54) is 0 Å². The Morgan fingerprint density at radius 2 is 1.69 bits per heavy atom. The number of ether oxygens (including phenoxy) is 1. The molecule has 6 heteroatoms. The summed E-state index contributed by atoms with van der Waals surface area (Å²) in [6.07, 6.45) is 1.74. The highest BCUT2D eigenvalue weighted by Crippen LogP contribution is 2.36. The molecule has 1 fully saturated rings. The summed E-state index contributed by atoms with van der Waals surface area (Å²) in [5.74, 6) is 0.755. The van der Waals surface area contributed by atoms with Crippen LogP contribution in [0.15, 0.2) is 78.6 Å². The Morgan fingerprint density at radius 3 is 2.43 bits per heavy atom. The predicted molar refractivity (Wildman–Crippen MR) is 137 cm³/mol. The lowest BCUT2D eigenvalue weighted by atomic mass is 10.1. The van der Waals surface area contributed by atoms with Gasteiger partial charge in [0.25, 0.3) is 11.8 Å². The van der Waals surface area contributed by atoms with Crippen molar-refractivity contribution in [3.05, 3.63) is 101 Å². The number of likely N-dealkylation sites (N-methyl/N-ethyl adjacent to an activating group) is 1. The molecule has 0 radical (unpaired) electrons. The fourth-order valence-corrected chi connectivity index (χ4v) is 4.48. The summed E-state index contributed by atoms with van der Waals surface area (Å²) >= 11 is 0. The third-order valence-corrected chi connectivity index (χ3v) is 6.50. The van der Waals surface area contributed by atoms with E-state index in [-0.39, 0.29) is 17.6 Å². The van der Waals surface area contributed by atoms with E-state index >= 15 is 0 Å². The van der Waals surface area contributed by atoms with E-state index in [1.807, 2.05) is 78.6 Å². The van der Waals surface area contributed by atoms with E-state index in [9.17, 15) is 9.59 Å². The fourth-order valence-electron chi connectivity index (χ4n) is 4.48. The number of amides is 2. The first kappa shape index (κ1) is 22.9. The minimum Gasteiger partial charge on any atom is -0.449 e. The Bertz CT molecular complexity index is 1270. The largest absolute Gasteiger partial charge is 0.449 e. The molecule has 2 aliphatic heterocycles. The molecule has 2 heterocycles. The van der Waals surface area contributed by atoms with Crippen molar-refractivity contribution in [2.24, 2.45) is 0 Å². The fraction of sp³-hybridized carbons (Fsp3) is 0.241. The number of para-hydroxylation sites is 2. The molecule has 35 heavy (non-hydrogen) atoms. The average molecular weight is 468 g/mol. The van der Waals surface area contributed by atoms with Crippen LogP contribution in [0.25, 0.3) is 6.08 Å². The number of rotatable bonds is 4. The van der Waals surface area contributed by atoms with Crippen LogP contribution in [0.3, 0.4) is 0 Å². The van der Waals surface area contributed by atoms with Crippen LogP contribution in [0.4, 0.5) is 5.69 Å². The molecule has 2 aliphatic rings. The first-order chi connectivity index (χ1) is 17.0. The van der Waals surface area contributed by atoms with Crippen LogP contribution in [-0.4, -0.2) is 54.8 Å². The number of nitrogens with zero attached hydrogens (tertiary/aromatic N) is 3. The van der Waals surface area contributed by atoms with Gasteiger partial charge in [0.1, 0.15) is 0 Å². The van der Waals surface area contributed by atoms with Crippen molar-refractivity contribution in [3.63, 3.8) is 0 Å². The molecule has 0 bridgehead atoms. The number of benzene rings is 3. The van der Waals surface area contributed by atoms with Crippen LogP contribution in [0.2, 0.25) is 0 Å². The lowest BCUT2D eigenvalue weighted by molar-refractivity contribution is -0.117. The second kappa shape index (κ2) is 9.76.